The third kappa shape index (κ3) is 3.67. The minimum absolute atomic E-state index is 0.166. The highest BCUT2D eigenvalue weighted by Crippen LogP contribution is 2.32. The number of benzene rings is 2. The van der Waals surface area contributed by atoms with Gasteiger partial charge in [0.05, 0.1) is 12.0 Å². The maximum atomic E-state index is 13.4. The van der Waals surface area contributed by atoms with Crippen LogP contribution in [0, 0.1) is 5.92 Å². The summed E-state index contributed by atoms with van der Waals surface area (Å²) in [5.74, 6) is -1.72. The Hall–Kier alpha value is -3.17. The van der Waals surface area contributed by atoms with Crippen LogP contribution in [0.5, 0.6) is 0 Å². The van der Waals surface area contributed by atoms with Crippen molar-refractivity contribution >= 4 is 28.7 Å². The fraction of sp³-hybridized carbons (Fsp3) is 0.435. The van der Waals surface area contributed by atoms with Crippen molar-refractivity contribution in [2.24, 2.45) is 5.92 Å². The van der Waals surface area contributed by atoms with Crippen molar-refractivity contribution in [2.45, 2.75) is 38.1 Å². The number of carbonyl (C=O) groups is 3. The van der Waals surface area contributed by atoms with Gasteiger partial charge in [-0.2, -0.15) is 0 Å². The number of ether oxygens (including phenoxy) is 1. The zero-order valence-corrected chi connectivity index (χ0v) is 17.6. The molecular weight excluding hydrogens is 412 g/mol. The average molecular weight is 438 g/mol. The molecule has 5 rings (SSSR count). The van der Waals surface area contributed by atoms with E-state index in [1.807, 2.05) is 24.3 Å². The van der Waals surface area contributed by atoms with Crippen molar-refractivity contribution in [1.82, 2.24) is 20.6 Å². The van der Waals surface area contributed by atoms with Crippen LogP contribution in [0.15, 0.2) is 36.4 Å². The minimum atomic E-state index is -0.851. The van der Waals surface area contributed by atoms with E-state index in [-0.39, 0.29) is 18.9 Å². The summed E-state index contributed by atoms with van der Waals surface area (Å²) in [5.41, 5.74) is 3.89. The number of hydrogen-bond acceptors (Lipinski definition) is 6. The number of rotatable bonds is 3. The molecule has 0 radical (unpaired) electrons. The Balaban J connectivity index is 1.30. The van der Waals surface area contributed by atoms with E-state index < -0.39 is 30.1 Å². The molecule has 2 saturated heterocycles. The highest BCUT2D eigenvalue weighted by molar-refractivity contribution is 5.92. The second-order valence-corrected chi connectivity index (χ2v) is 8.67. The van der Waals surface area contributed by atoms with Crippen molar-refractivity contribution < 1.29 is 24.3 Å². The lowest BCUT2D eigenvalue weighted by Gasteiger charge is -2.38. The van der Waals surface area contributed by atoms with Gasteiger partial charge in [0.15, 0.2) is 0 Å². The molecule has 3 unspecified atom stereocenters. The summed E-state index contributed by atoms with van der Waals surface area (Å²) >= 11 is 0. The van der Waals surface area contributed by atoms with Crippen LogP contribution in [0.3, 0.4) is 0 Å². The first-order valence-corrected chi connectivity index (χ1v) is 11.0. The Bertz CT molecular complexity index is 1070. The van der Waals surface area contributed by atoms with Gasteiger partial charge in [-0.15, -0.1) is 0 Å². The monoisotopic (exact) mass is 438 g/mol. The standard InChI is InChI=1S/C23H26N4O5/c28-21(25-31)18-10-16(32-23(30)26-8-3-9-26)11-24-20(18)22(29)27-12-15-7-6-14-4-1-2-5-17(14)19(15)13-27/h1-2,4-7,16,18,20,24,31H,3,8-13H2,(H,25,28). The molecule has 3 amide bonds. The molecule has 168 valence electrons. The number of likely N-dealkylation sites (tertiary alicyclic amines) is 1. The van der Waals surface area contributed by atoms with Gasteiger partial charge in [0.2, 0.25) is 11.8 Å². The largest absolute Gasteiger partial charge is 0.445 e. The van der Waals surface area contributed by atoms with Crippen LogP contribution in [-0.4, -0.2) is 64.7 Å². The molecule has 3 aliphatic heterocycles. The summed E-state index contributed by atoms with van der Waals surface area (Å²) in [6.45, 7) is 2.55. The summed E-state index contributed by atoms with van der Waals surface area (Å²) in [6.07, 6.45) is 0.170. The van der Waals surface area contributed by atoms with E-state index in [9.17, 15) is 19.6 Å². The lowest BCUT2D eigenvalue weighted by molar-refractivity contribution is -0.146. The Morgan fingerprint density at radius 2 is 1.88 bits per heavy atom. The Morgan fingerprint density at radius 1 is 1.06 bits per heavy atom. The van der Waals surface area contributed by atoms with Crippen LogP contribution in [0.1, 0.15) is 24.0 Å². The van der Waals surface area contributed by atoms with Crippen molar-refractivity contribution in [1.29, 1.82) is 0 Å². The van der Waals surface area contributed by atoms with Crippen LogP contribution < -0.4 is 10.8 Å². The van der Waals surface area contributed by atoms with Crippen LogP contribution in [0.4, 0.5) is 4.79 Å². The van der Waals surface area contributed by atoms with Crippen molar-refractivity contribution in [3.8, 4) is 0 Å². The molecule has 3 atom stereocenters. The van der Waals surface area contributed by atoms with Gasteiger partial charge in [-0.3, -0.25) is 14.8 Å². The van der Waals surface area contributed by atoms with Gasteiger partial charge < -0.3 is 19.9 Å². The summed E-state index contributed by atoms with van der Waals surface area (Å²) < 4.78 is 5.51. The van der Waals surface area contributed by atoms with Crippen LogP contribution >= 0.6 is 0 Å². The van der Waals surface area contributed by atoms with Gasteiger partial charge in [0.1, 0.15) is 6.10 Å². The second kappa shape index (κ2) is 8.40. The van der Waals surface area contributed by atoms with Crippen molar-refractivity contribution in [3.63, 3.8) is 0 Å². The lowest BCUT2D eigenvalue weighted by atomic mass is 9.87. The molecule has 2 aromatic rings. The molecule has 3 heterocycles. The number of piperidine rings is 1. The predicted octanol–water partition coefficient (Wildman–Crippen LogP) is 1.38. The SMILES string of the molecule is O=C(NO)C1CC(OC(=O)N2CCC2)CNC1C(=O)N1Cc2ccc3ccccc3c2C1. The molecule has 3 N–H and O–H groups in total. The molecule has 32 heavy (non-hydrogen) atoms. The third-order valence-electron chi connectivity index (χ3n) is 6.74. The number of hydroxylamine groups is 1. The number of hydrogen-bond donors (Lipinski definition) is 3. The van der Waals surface area contributed by atoms with Gasteiger partial charge in [-0.05, 0) is 34.7 Å². The van der Waals surface area contributed by atoms with Gasteiger partial charge in [0.25, 0.3) is 0 Å². The normalized spacial score (nSPS) is 24.6. The number of fused-ring (bicyclic) bond motifs is 3. The van der Waals surface area contributed by atoms with Crippen LogP contribution in [-0.2, 0) is 27.4 Å². The highest BCUT2D eigenvalue weighted by atomic mass is 16.6. The maximum absolute atomic E-state index is 13.4. The number of carbonyl (C=O) groups excluding carboxylic acids is 3. The first-order valence-electron chi connectivity index (χ1n) is 11.0. The quantitative estimate of drug-likeness (QED) is 0.493. The molecule has 9 nitrogen and oxygen atoms in total. The molecule has 3 aliphatic rings. The zero-order chi connectivity index (χ0) is 22.2. The topological polar surface area (TPSA) is 111 Å². The van der Waals surface area contributed by atoms with E-state index in [1.54, 1.807) is 15.3 Å². The Labute approximate surface area is 185 Å². The smallest absolute Gasteiger partial charge is 0.410 e. The zero-order valence-electron chi connectivity index (χ0n) is 17.6. The second-order valence-electron chi connectivity index (χ2n) is 8.67. The molecule has 2 fully saturated rings. The first-order chi connectivity index (χ1) is 15.5. The van der Waals surface area contributed by atoms with E-state index in [0.717, 1.165) is 28.3 Å². The molecule has 0 aliphatic carbocycles. The van der Waals surface area contributed by atoms with Gasteiger partial charge in [-0.25, -0.2) is 10.3 Å². The van der Waals surface area contributed by atoms with E-state index in [0.29, 0.717) is 26.2 Å². The molecule has 0 spiro atoms. The summed E-state index contributed by atoms with van der Waals surface area (Å²) in [7, 11) is 0. The third-order valence-corrected chi connectivity index (χ3v) is 6.74. The number of nitrogens with zero attached hydrogens (tertiary/aromatic N) is 2. The predicted molar refractivity (Wildman–Crippen MR) is 114 cm³/mol. The fourth-order valence-corrected chi connectivity index (χ4v) is 4.83. The summed E-state index contributed by atoms with van der Waals surface area (Å²) in [6, 6.07) is 11.4. The summed E-state index contributed by atoms with van der Waals surface area (Å²) in [5, 5.41) is 14.6. The van der Waals surface area contributed by atoms with Gasteiger partial charge in [0, 0.05) is 32.7 Å². The molecule has 0 aromatic heterocycles. The Morgan fingerprint density at radius 3 is 2.62 bits per heavy atom. The number of amides is 3. The fourth-order valence-electron chi connectivity index (χ4n) is 4.83. The van der Waals surface area contributed by atoms with Crippen LogP contribution in [0.25, 0.3) is 10.8 Å². The van der Waals surface area contributed by atoms with E-state index >= 15 is 0 Å². The Kier molecular flexibility index (Phi) is 5.44. The molecule has 0 bridgehead atoms. The van der Waals surface area contributed by atoms with Gasteiger partial charge in [-0.1, -0.05) is 36.4 Å². The average Bonchev–Trinajstić information content (AvgIpc) is 3.22. The minimum Gasteiger partial charge on any atom is -0.445 e. The highest BCUT2D eigenvalue weighted by Gasteiger charge is 2.43. The van der Waals surface area contributed by atoms with E-state index in [2.05, 4.69) is 17.4 Å². The maximum Gasteiger partial charge on any atom is 0.410 e. The van der Waals surface area contributed by atoms with Crippen LogP contribution in [0.2, 0.25) is 0 Å². The first kappa shape index (κ1) is 20.7. The van der Waals surface area contributed by atoms with E-state index in [4.69, 9.17) is 4.74 Å². The molecule has 0 saturated carbocycles. The van der Waals surface area contributed by atoms with Crippen molar-refractivity contribution in [3.05, 3.63) is 47.5 Å². The van der Waals surface area contributed by atoms with E-state index in [1.165, 1.54) is 0 Å². The summed E-state index contributed by atoms with van der Waals surface area (Å²) in [4.78, 5) is 41.3. The molecule has 9 heteroatoms. The lowest BCUT2D eigenvalue weighted by Crippen LogP contribution is -2.59. The molecular formula is C23H26N4O5. The van der Waals surface area contributed by atoms with Gasteiger partial charge >= 0.3 is 6.09 Å². The number of nitrogens with one attached hydrogen (secondary N) is 2. The van der Waals surface area contributed by atoms with Crippen molar-refractivity contribution in [2.75, 3.05) is 19.6 Å². The molecule has 2 aromatic carbocycles.